The van der Waals surface area contributed by atoms with Crippen LogP contribution in [0.15, 0.2) is 12.1 Å². The summed E-state index contributed by atoms with van der Waals surface area (Å²) in [5.41, 5.74) is 2.97. The molecule has 0 aliphatic carbocycles. The summed E-state index contributed by atoms with van der Waals surface area (Å²) >= 11 is 0. The lowest BCUT2D eigenvalue weighted by atomic mass is 9.84. The Kier molecular flexibility index (Phi) is 3.22. The summed E-state index contributed by atoms with van der Waals surface area (Å²) < 4.78 is 5.95. The quantitative estimate of drug-likeness (QED) is 0.787. The molecule has 2 rings (SSSR count). The van der Waals surface area contributed by atoms with Crippen molar-refractivity contribution < 1.29 is 9.53 Å². The Hall–Kier alpha value is -1.31. The standard InChI is InChI=1S/C16H22O2/c1-6-7-12-14(17)13-10(2)8-9-11(15(13)18-12)16(3,4)5/h8-9,12H,6-7H2,1-5H3. The Bertz CT molecular complexity index is 481. The average molecular weight is 246 g/mol. The van der Waals surface area contributed by atoms with Gasteiger partial charge in [-0.05, 0) is 24.3 Å². The minimum absolute atomic E-state index is 0.000825. The van der Waals surface area contributed by atoms with Crippen molar-refractivity contribution in [1.29, 1.82) is 0 Å². The van der Waals surface area contributed by atoms with Crippen molar-refractivity contribution in [3.05, 3.63) is 28.8 Å². The van der Waals surface area contributed by atoms with E-state index in [9.17, 15) is 4.79 Å². The van der Waals surface area contributed by atoms with Crippen molar-refractivity contribution in [2.24, 2.45) is 0 Å². The average Bonchev–Trinajstić information content (AvgIpc) is 2.56. The van der Waals surface area contributed by atoms with Gasteiger partial charge in [0.25, 0.3) is 0 Å². The topological polar surface area (TPSA) is 26.3 Å². The number of carbonyl (C=O) groups excluding carboxylic acids is 1. The van der Waals surface area contributed by atoms with Crippen LogP contribution in [0.5, 0.6) is 5.75 Å². The maximum Gasteiger partial charge on any atom is 0.207 e. The van der Waals surface area contributed by atoms with Gasteiger partial charge in [0.2, 0.25) is 5.78 Å². The summed E-state index contributed by atoms with van der Waals surface area (Å²) in [6, 6.07) is 4.13. The molecule has 2 heteroatoms. The molecule has 0 bridgehead atoms. The van der Waals surface area contributed by atoms with Crippen molar-refractivity contribution in [3.63, 3.8) is 0 Å². The summed E-state index contributed by atoms with van der Waals surface area (Å²) in [6.45, 7) is 10.5. The van der Waals surface area contributed by atoms with E-state index in [-0.39, 0.29) is 17.3 Å². The highest BCUT2D eigenvalue weighted by atomic mass is 16.5. The number of carbonyl (C=O) groups is 1. The van der Waals surface area contributed by atoms with Gasteiger partial charge in [0.15, 0.2) is 6.10 Å². The molecule has 1 aliphatic rings. The van der Waals surface area contributed by atoms with E-state index in [1.807, 2.05) is 13.0 Å². The highest BCUT2D eigenvalue weighted by molar-refractivity contribution is 6.06. The molecule has 1 aliphatic heterocycles. The smallest absolute Gasteiger partial charge is 0.207 e. The summed E-state index contributed by atoms with van der Waals surface area (Å²) in [5.74, 6) is 0.987. The number of benzene rings is 1. The van der Waals surface area contributed by atoms with Gasteiger partial charge in [-0.1, -0.05) is 46.2 Å². The van der Waals surface area contributed by atoms with Gasteiger partial charge in [-0.25, -0.2) is 0 Å². The number of aryl methyl sites for hydroxylation is 1. The van der Waals surface area contributed by atoms with Crippen LogP contribution < -0.4 is 4.74 Å². The number of hydrogen-bond donors (Lipinski definition) is 0. The van der Waals surface area contributed by atoms with E-state index in [2.05, 4.69) is 33.8 Å². The van der Waals surface area contributed by atoms with Crippen molar-refractivity contribution in [2.75, 3.05) is 0 Å². The van der Waals surface area contributed by atoms with Gasteiger partial charge in [-0.2, -0.15) is 0 Å². The highest BCUT2D eigenvalue weighted by Crippen LogP contribution is 2.41. The molecule has 0 aromatic heterocycles. The van der Waals surface area contributed by atoms with E-state index < -0.39 is 0 Å². The fourth-order valence-corrected chi connectivity index (χ4v) is 2.51. The minimum atomic E-state index is -0.271. The Morgan fingerprint density at radius 3 is 2.50 bits per heavy atom. The molecule has 0 fully saturated rings. The zero-order chi connectivity index (χ0) is 13.5. The molecule has 0 saturated heterocycles. The van der Waals surface area contributed by atoms with Crippen molar-refractivity contribution in [1.82, 2.24) is 0 Å². The molecule has 98 valence electrons. The molecule has 1 aromatic carbocycles. The fraction of sp³-hybridized carbons (Fsp3) is 0.562. The maximum absolute atomic E-state index is 12.4. The van der Waals surface area contributed by atoms with Crippen LogP contribution in [0.1, 0.15) is 62.0 Å². The third kappa shape index (κ3) is 2.05. The van der Waals surface area contributed by atoms with Crippen molar-refractivity contribution in [2.45, 2.75) is 59.0 Å². The molecular formula is C16H22O2. The third-order valence-corrected chi connectivity index (χ3v) is 3.52. The zero-order valence-electron chi connectivity index (χ0n) is 12.0. The van der Waals surface area contributed by atoms with E-state index in [0.717, 1.165) is 35.3 Å². The summed E-state index contributed by atoms with van der Waals surface area (Å²) in [6.07, 6.45) is 1.50. The monoisotopic (exact) mass is 246 g/mol. The van der Waals surface area contributed by atoms with E-state index in [1.54, 1.807) is 0 Å². The molecule has 18 heavy (non-hydrogen) atoms. The second kappa shape index (κ2) is 4.42. The summed E-state index contributed by atoms with van der Waals surface area (Å²) in [7, 11) is 0. The van der Waals surface area contributed by atoms with E-state index in [4.69, 9.17) is 4.74 Å². The predicted octanol–water partition coefficient (Wildman–Crippen LogP) is 4.04. The van der Waals surface area contributed by atoms with Crippen LogP contribution in [0.25, 0.3) is 0 Å². The zero-order valence-corrected chi connectivity index (χ0v) is 12.0. The van der Waals surface area contributed by atoms with E-state index in [1.165, 1.54) is 0 Å². The Labute approximate surface area is 109 Å². The maximum atomic E-state index is 12.4. The molecule has 0 saturated carbocycles. The van der Waals surface area contributed by atoms with Crippen LogP contribution in [0.2, 0.25) is 0 Å². The molecule has 1 heterocycles. The minimum Gasteiger partial charge on any atom is -0.481 e. The third-order valence-electron chi connectivity index (χ3n) is 3.52. The van der Waals surface area contributed by atoms with Crippen LogP contribution in [0.3, 0.4) is 0 Å². The number of fused-ring (bicyclic) bond motifs is 1. The Morgan fingerprint density at radius 2 is 1.94 bits per heavy atom. The normalized spacial score (nSPS) is 18.7. The van der Waals surface area contributed by atoms with Gasteiger partial charge in [-0.3, -0.25) is 4.79 Å². The fourth-order valence-electron chi connectivity index (χ4n) is 2.51. The number of rotatable bonds is 2. The first kappa shape index (κ1) is 13.1. The van der Waals surface area contributed by atoms with Gasteiger partial charge in [0.1, 0.15) is 5.75 Å². The van der Waals surface area contributed by atoms with Crippen LogP contribution in [0, 0.1) is 6.92 Å². The van der Waals surface area contributed by atoms with Gasteiger partial charge < -0.3 is 4.74 Å². The second-order valence-corrected chi connectivity index (χ2v) is 6.14. The lowest BCUT2D eigenvalue weighted by molar-refractivity contribution is 0.0843. The first-order valence-corrected chi connectivity index (χ1v) is 6.71. The Balaban J connectivity index is 2.53. The first-order chi connectivity index (χ1) is 8.36. The van der Waals surface area contributed by atoms with Gasteiger partial charge in [-0.15, -0.1) is 0 Å². The molecule has 1 atom stereocenters. The van der Waals surface area contributed by atoms with Crippen LogP contribution in [-0.2, 0) is 5.41 Å². The number of Topliss-reactive ketones (excluding diaryl/α,β-unsaturated/α-hetero) is 1. The summed E-state index contributed by atoms with van der Waals surface area (Å²) in [4.78, 5) is 12.4. The van der Waals surface area contributed by atoms with Crippen molar-refractivity contribution >= 4 is 5.78 Å². The molecule has 0 amide bonds. The molecule has 0 radical (unpaired) electrons. The van der Waals surface area contributed by atoms with Gasteiger partial charge in [0.05, 0.1) is 5.56 Å². The van der Waals surface area contributed by atoms with Crippen LogP contribution in [0.4, 0.5) is 0 Å². The number of hydrogen-bond acceptors (Lipinski definition) is 2. The lowest BCUT2D eigenvalue weighted by Crippen LogP contribution is -2.20. The first-order valence-electron chi connectivity index (χ1n) is 6.71. The highest BCUT2D eigenvalue weighted by Gasteiger charge is 2.36. The van der Waals surface area contributed by atoms with Gasteiger partial charge in [0, 0.05) is 5.56 Å². The molecule has 1 unspecified atom stereocenters. The summed E-state index contributed by atoms with van der Waals surface area (Å²) in [5, 5.41) is 0. The largest absolute Gasteiger partial charge is 0.481 e. The Morgan fingerprint density at radius 1 is 1.28 bits per heavy atom. The lowest BCUT2D eigenvalue weighted by Gasteiger charge is -2.22. The van der Waals surface area contributed by atoms with Gasteiger partial charge >= 0.3 is 0 Å². The molecule has 1 aromatic rings. The van der Waals surface area contributed by atoms with E-state index in [0.29, 0.717) is 0 Å². The SMILES string of the molecule is CCCC1Oc2c(C(C)(C)C)ccc(C)c2C1=O. The molecule has 0 N–H and O–H groups in total. The molecular weight excluding hydrogens is 224 g/mol. The van der Waals surface area contributed by atoms with E-state index >= 15 is 0 Å². The van der Waals surface area contributed by atoms with Crippen LogP contribution >= 0.6 is 0 Å². The molecule has 2 nitrogen and oxygen atoms in total. The number of ketones is 1. The predicted molar refractivity (Wildman–Crippen MR) is 73.5 cm³/mol. The molecule has 0 spiro atoms. The number of ether oxygens (including phenoxy) is 1. The van der Waals surface area contributed by atoms with Crippen molar-refractivity contribution in [3.8, 4) is 5.75 Å². The van der Waals surface area contributed by atoms with Crippen LogP contribution in [-0.4, -0.2) is 11.9 Å². The second-order valence-electron chi connectivity index (χ2n) is 6.14.